The number of hydrogen-bond acceptors (Lipinski definition) is 2. The van der Waals surface area contributed by atoms with Gasteiger partial charge in [-0.2, -0.15) is 0 Å². The number of rotatable bonds is 10. The number of hydrogen-bond donors (Lipinski definition) is 0. The molecule has 2 fully saturated rings. The Kier molecular flexibility index (Phi) is 9.65. The Morgan fingerprint density at radius 2 is 0.926 bits per heavy atom. The molecule has 2 nitrogen and oxygen atoms in total. The van der Waals surface area contributed by atoms with Crippen LogP contribution in [0.2, 0.25) is 33.5 Å². The standard InChI is InChI=1S/C23H44Ge2O2/c1-24(2,22(26)20-14-8-5-9-15-20)18-12-7-13-19-25(3,4)23(27)21-16-10-6-11-17-21/h20-21H,5-19H2,1-4H3. The average molecular weight is 498 g/mol. The van der Waals surface area contributed by atoms with Crippen LogP contribution >= 0.6 is 0 Å². The second-order valence-corrected chi connectivity index (χ2v) is 30.7. The summed E-state index contributed by atoms with van der Waals surface area (Å²) in [5, 5.41) is 2.42. The monoisotopic (exact) mass is 500 g/mol. The second-order valence-electron chi connectivity index (χ2n) is 10.7. The molecule has 2 saturated carbocycles. The van der Waals surface area contributed by atoms with Gasteiger partial charge in [0.25, 0.3) is 0 Å². The summed E-state index contributed by atoms with van der Waals surface area (Å²) in [6.45, 7) is 0. The molecule has 0 N–H and O–H groups in total. The predicted octanol–water partition coefficient (Wildman–Crippen LogP) is 6.95. The van der Waals surface area contributed by atoms with Gasteiger partial charge in [-0.3, -0.25) is 0 Å². The molecule has 0 aliphatic heterocycles. The topological polar surface area (TPSA) is 34.1 Å². The fourth-order valence-corrected chi connectivity index (χ4v) is 17.0. The van der Waals surface area contributed by atoms with E-state index < -0.39 is 26.5 Å². The maximum atomic E-state index is 13.0. The van der Waals surface area contributed by atoms with E-state index in [1.807, 2.05) is 0 Å². The molecular weight excluding hydrogens is 453 g/mol. The van der Waals surface area contributed by atoms with Gasteiger partial charge in [-0.1, -0.05) is 0 Å². The Hall–Kier alpha value is 0.426. The first-order valence-electron chi connectivity index (χ1n) is 11.8. The van der Waals surface area contributed by atoms with Crippen molar-refractivity contribution in [2.24, 2.45) is 11.8 Å². The quantitative estimate of drug-likeness (QED) is 0.242. The van der Waals surface area contributed by atoms with Crippen molar-refractivity contribution in [3.63, 3.8) is 0 Å². The molecule has 0 bridgehead atoms. The van der Waals surface area contributed by atoms with Gasteiger partial charge in [0.1, 0.15) is 0 Å². The van der Waals surface area contributed by atoms with Crippen LogP contribution in [0, 0.1) is 11.8 Å². The van der Waals surface area contributed by atoms with E-state index in [0.29, 0.717) is 21.1 Å². The first kappa shape index (κ1) is 23.7. The molecule has 0 radical (unpaired) electrons. The summed E-state index contributed by atoms with van der Waals surface area (Å²) in [5.41, 5.74) is 0. The van der Waals surface area contributed by atoms with E-state index in [4.69, 9.17) is 0 Å². The van der Waals surface area contributed by atoms with Gasteiger partial charge in [-0.15, -0.1) is 0 Å². The molecule has 0 spiro atoms. The van der Waals surface area contributed by atoms with Crippen molar-refractivity contribution < 1.29 is 9.59 Å². The zero-order valence-electron chi connectivity index (χ0n) is 18.6. The summed E-state index contributed by atoms with van der Waals surface area (Å²) in [6, 6.07) is 0. The molecule has 0 aromatic rings. The second kappa shape index (κ2) is 11.0. The van der Waals surface area contributed by atoms with Crippen LogP contribution in [-0.2, 0) is 9.59 Å². The summed E-state index contributed by atoms with van der Waals surface area (Å²) in [7, 11) is 0. The zero-order valence-corrected chi connectivity index (χ0v) is 22.8. The van der Waals surface area contributed by atoms with Gasteiger partial charge in [0, 0.05) is 0 Å². The minimum atomic E-state index is -2.28. The summed E-state index contributed by atoms with van der Waals surface area (Å²) >= 11 is -4.56. The summed E-state index contributed by atoms with van der Waals surface area (Å²) in [5.74, 6) is 10.2. The van der Waals surface area contributed by atoms with E-state index in [1.54, 1.807) is 0 Å². The SMILES string of the molecule is [CH3][Ge]([CH3])([CH2]CCC[CH2][Ge]([CH3])([CH3])[C](=O)C1CCCCC1)[C](=O)C1CCCCC1. The van der Waals surface area contributed by atoms with E-state index in [1.165, 1.54) is 94.0 Å². The normalized spacial score (nSPS) is 20.6. The Labute approximate surface area is 173 Å². The van der Waals surface area contributed by atoms with Crippen molar-refractivity contribution >= 4 is 35.8 Å². The van der Waals surface area contributed by atoms with Gasteiger partial charge in [-0.25, -0.2) is 0 Å². The van der Waals surface area contributed by atoms with Crippen molar-refractivity contribution in [2.75, 3.05) is 0 Å². The molecule has 2 aliphatic carbocycles. The van der Waals surface area contributed by atoms with Crippen LogP contribution in [0.3, 0.4) is 0 Å². The van der Waals surface area contributed by atoms with E-state index in [9.17, 15) is 9.59 Å². The zero-order chi connectivity index (χ0) is 19.9. The Balaban J connectivity index is 1.69. The first-order chi connectivity index (χ1) is 12.7. The van der Waals surface area contributed by atoms with Crippen molar-refractivity contribution in [1.29, 1.82) is 0 Å². The van der Waals surface area contributed by atoms with E-state index >= 15 is 0 Å². The molecule has 0 saturated heterocycles. The van der Waals surface area contributed by atoms with Gasteiger partial charge in [0.05, 0.1) is 0 Å². The third-order valence-corrected chi connectivity index (χ3v) is 21.4. The fraction of sp³-hybridized carbons (Fsp3) is 0.913. The Morgan fingerprint density at radius 3 is 1.26 bits per heavy atom. The number of carbonyl (C=O) groups is 2. The molecule has 0 atom stereocenters. The van der Waals surface area contributed by atoms with Crippen molar-refractivity contribution in [2.45, 2.75) is 117 Å². The first-order valence-corrected chi connectivity index (χ1v) is 25.3. The van der Waals surface area contributed by atoms with Crippen LogP contribution in [0.25, 0.3) is 0 Å². The maximum absolute atomic E-state index is 13.0. The summed E-state index contributed by atoms with van der Waals surface area (Å²) < 4.78 is 1.42. The molecule has 0 unspecified atom stereocenters. The van der Waals surface area contributed by atoms with Gasteiger partial charge >= 0.3 is 174 Å². The fourth-order valence-electron chi connectivity index (χ4n) is 5.39. The van der Waals surface area contributed by atoms with Gasteiger partial charge in [-0.05, 0) is 0 Å². The molecule has 27 heavy (non-hydrogen) atoms. The number of unbranched alkanes of at least 4 members (excludes halogenated alkanes) is 2. The minimum absolute atomic E-state index is 0.413. The molecule has 156 valence electrons. The van der Waals surface area contributed by atoms with Crippen LogP contribution in [-0.4, -0.2) is 35.8 Å². The summed E-state index contributed by atoms with van der Waals surface area (Å²) in [4.78, 5) is 25.9. The van der Waals surface area contributed by atoms with Crippen molar-refractivity contribution in [3.8, 4) is 0 Å². The van der Waals surface area contributed by atoms with Gasteiger partial charge in [0.15, 0.2) is 0 Å². The van der Waals surface area contributed by atoms with E-state index in [-0.39, 0.29) is 0 Å². The third-order valence-electron chi connectivity index (χ3n) is 7.39. The van der Waals surface area contributed by atoms with Gasteiger partial charge in [0.2, 0.25) is 0 Å². The number of carbonyl (C=O) groups excluding carboxylic acids is 2. The van der Waals surface area contributed by atoms with Gasteiger partial charge < -0.3 is 0 Å². The summed E-state index contributed by atoms with van der Waals surface area (Å²) in [6.07, 6.45) is 16.1. The Bertz CT molecular complexity index is 443. The van der Waals surface area contributed by atoms with E-state index in [2.05, 4.69) is 23.0 Å². The molecule has 2 aliphatic rings. The molecule has 0 aromatic heterocycles. The molecule has 2 rings (SSSR count). The molecular formula is C23H44Ge2O2. The van der Waals surface area contributed by atoms with Crippen LogP contribution in [0.4, 0.5) is 0 Å². The predicted molar refractivity (Wildman–Crippen MR) is 122 cm³/mol. The van der Waals surface area contributed by atoms with Crippen molar-refractivity contribution in [3.05, 3.63) is 0 Å². The van der Waals surface area contributed by atoms with E-state index in [0.717, 1.165) is 0 Å². The molecule has 0 heterocycles. The van der Waals surface area contributed by atoms with Crippen LogP contribution in [0.5, 0.6) is 0 Å². The van der Waals surface area contributed by atoms with Crippen LogP contribution < -0.4 is 0 Å². The van der Waals surface area contributed by atoms with Crippen LogP contribution in [0.15, 0.2) is 0 Å². The van der Waals surface area contributed by atoms with Crippen LogP contribution in [0.1, 0.15) is 83.5 Å². The molecule has 0 aromatic carbocycles. The molecule has 4 heteroatoms. The van der Waals surface area contributed by atoms with Crippen molar-refractivity contribution in [1.82, 2.24) is 0 Å². The average Bonchev–Trinajstić information content (AvgIpc) is 2.67. The molecule has 0 amide bonds. The Morgan fingerprint density at radius 1 is 0.593 bits per heavy atom. The third kappa shape index (κ3) is 7.31.